The van der Waals surface area contributed by atoms with Gasteiger partial charge in [0.2, 0.25) is 11.7 Å². The van der Waals surface area contributed by atoms with Crippen molar-refractivity contribution in [3.8, 4) is 0 Å². The molecule has 5 nitrogen and oxygen atoms in total. The van der Waals surface area contributed by atoms with Crippen LogP contribution in [0.25, 0.3) is 0 Å². The van der Waals surface area contributed by atoms with Crippen molar-refractivity contribution in [3.05, 3.63) is 29.3 Å². The van der Waals surface area contributed by atoms with Crippen LogP contribution in [0.5, 0.6) is 0 Å². The minimum absolute atomic E-state index is 0.0232. The molecule has 0 atom stereocenters. The molecule has 0 unspecified atom stereocenters. The van der Waals surface area contributed by atoms with E-state index in [0.717, 1.165) is 16.8 Å². The highest BCUT2D eigenvalue weighted by molar-refractivity contribution is 6.35. The normalized spacial score (nSPS) is 12.9. The lowest BCUT2D eigenvalue weighted by molar-refractivity contribution is -0.136. The summed E-state index contributed by atoms with van der Waals surface area (Å²) in [5, 5.41) is 5.23. The number of rotatable bonds is 3. The maximum absolute atomic E-state index is 11.1. The van der Waals surface area contributed by atoms with Gasteiger partial charge in [-0.2, -0.15) is 0 Å². The lowest BCUT2D eigenvalue weighted by Crippen LogP contribution is -2.28. The first-order chi connectivity index (χ1) is 8.06. The Hall–Kier alpha value is -2.17. The Morgan fingerprint density at radius 1 is 1.41 bits per heavy atom. The second-order valence-corrected chi connectivity index (χ2v) is 3.96. The highest BCUT2D eigenvalue weighted by Crippen LogP contribution is 2.23. The summed E-state index contributed by atoms with van der Waals surface area (Å²) in [5.41, 5.74) is 2.61. The Balaban J connectivity index is 2.04. The van der Waals surface area contributed by atoms with Gasteiger partial charge in [-0.15, -0.1) is 0 Å². The third-order valence-corrected chi connectivity index (χ3v) is 2.57. The molecule has 5 heteroatoms. The van der Waals surface area contributed by atoms with Gasteiger partial charge in [0.25, 0.3) is 5.91 Å². The monoisotopic (exact) mass is 232 g/mol. The number of Topliss-reactive ketones (excluding diaryl/α,β-unsaturated/α-hetero) is 1. The molecule has 1 aromatic carbocycles. The number of hydrogen-bond acceptors (Lipinski definition) is 3. The largest absolute Gasteiger partial charge is 0.345 e. The summed E-state index contributed by atoms with van der Waals surface area (Å²) in [6.07, 6.45) is 0.365. The number of anilines is 1. The van der Waals surface area contributed by atoms with Crippen LogP contribution in [0, 0.1) is 0 Å². The van der Waals surface area contributed by atoms with Crippen LogP contribution in [-0.2, 0) is 27.3 Å². The SMILES string of the molecule is CC(=O)C(=O)NCc1ccc2c(c1)CC(=O)N2. The predicted octanol–water partition coefficient (Wildman–Crippen LogP) is 0.386. The number of ketones is 1. The molecule has 1 aliphatic heterocycles. The Morgan fingerprint density at radius 2 is 2.18 bits per heavy atom. The van der Waals surface area contributed by atoms with E-state index in [1.165, 1.54) is 6.92 Å². The molecular weight excluding hydrogens is 220 g/mol. The second-order valence-electron chi connectivity index (χ2n) is 3.96. The number of amides is 2. The fraction of sp³-hybridized carbons (Fsp3) is 0.250. The summed E-state index contributed by atoms with van der Waals surface area (Å²) in [4.78, 5) is 32.9. The van der Waals surface area contributed by atoms with Gasteiger partial charge in [-0.1, -0.05) is 12.1 Å². The fourth-order valence-electron chi connectivity index (χ4n) is 1.70. The quantitative estimate of drug-likeness (QED) is 0.740. The van der Waals surface area contributed by atoms with Gasteiger partial charge < -0.3 is 10.6 Å². The molecule has 0 saturated heterocycles. The molecule has 0 bridgehead atoms. The topological polar surface area (TPSA) is 75.3 Å². The van der Waals surface area contributed by atoms with E-state index in [1.807, 2.05) is 12.1 Å². The van der Waals surface area contributed by atoms with Gasteiger partial charge in [0.05, 0.1) is 6.42 Å². The minimum Gasteiger partial charge on any atom is -0.345 e. The molecule has 0 aromatic heterocycles. The highest BCUT2D eigenvalue weighted by atomic mass is 16.2. The molecule has 1 heterocycles. The number of hydrogen-bond donors (Lipinski definition) is 2. The van der Waals surface area contributed by atoms with Crippen LogP contribution in [0.2, 0.25) is 0 Å². The van der Waals surface area contributed by atoms with Gasteiger partial charge in [0.1, 0.15) is 0 Å². The van der Waals surface area contributed by atoms with Crippen LogP contribution < -0.4 is 10.6 Å². The van der Waals surface area contributed by atoms with E-state index in [0.29, 0.717) is 13.0 Å². The van der Waals surface area contributed by atoms with Crippen molar-refractivity contribution in [2.24, 2.45) is 0 Å². The molecule has 2 amide bonds. The van der Waals surface area contributed by atoms with Crippen molar-refractivity contribution in [2.75, 3.05) is 5.32 Å². The number of fused-ring (bicyclic) bond motifs is 1. The molecule has 2 N–H and O–H groups in total. The van der Waals surface area contributed by atoms with Crippen molar-refractivity contribution >= 4 is 23.3 Å². The molecule has 0 aliphatic carbocycles. The lowest BCUT2D eigenvalue weighted by atomic mass is 10.1. The molecule has 0 radical (unpaired) electrons. The van der Waals surface area contributed by atoms with Crippen molar-refractivity contribution in [1.29, 1.82) is 0 Å². The summed E-state index contributed by atoms with van der Waals surface area (Å²) < 4.78 is 0. The van der Waals surface area contributed by atoms with Crippen LogP contribution in [0.1, 0.15) is 18.1 Å². The number of carbonyl (C=O) groups is 3. The molecule has 1 aromatic rings. The number of nitrogens with one attached hydrogen (secondary N) is 2. The standard InChI is InChI=1S/C12H12N2O3/c1-7(15)12(17)13-6-8-2-3-10-9(4-8)5-11(16)14-10/h2-4H,5-6H2,1H3,(H,13,17)(H,14,16). The Bertz CT molecular complexity index is 508. The third kappa shape index (κ3) is 2.50. The van der Waals surface area contributed by atoms with Crippen LogP contribution in [-0.4, -0.2) is 17.6 Å². The van der Waals surface area contributed by atoms with Crippen LogP contribution >= 0.6 is 0 Å². The van der Waals surface area contributed by atoms with Crippen molar-refractivity contribution in [1.82, 2.24) is 5.32 Å². The maximum atomic E-state index is 11.1. The Labute approximate surface area is 98.2 Å². The first-order valence-corrected chi connectivity index (χ1v) is 5.26. The average Bonchev–Trinajstić information content (AvgIpc) is 2.64. The van der Waals surface area contributed by atoms with E-state index in [9.17, 15) is 14.4 Å². The molecule has 1 aliphatic rings. The first-order valence-electron chi connectivity index (χ1n) is 5.26. The molecule has 88 valence electrons. The van der Waals surface area contributed by atoms with Crippen LogP contribution in [0.15, 0.2) is 18.2 Å². The van der Waals surface area contributed by atoms with E-state index in [-0.39, 0.29) is 5.91 Å². The molecule has 0 saturated carbocycles. The number of carbonyl (C=O) groups excluding carboxylic acids is 3. The lowest BCUT2D eigenvalue weighted by Gasteiger charge is -2.05. The van der Waals surface area contributed by atoms with E-state index in [4.69, 9.17) is 0 Å². The summed E-state index contributed by atoms with van der Waals surface area (Å²) in [7, 11) is 0. The predicted molar refractivity (Wildman–Crippen MR) is 61.3 cm³/mol. The summed E-state index contributed by atoms with van der Waals surface area (Å²) in [6, 6.07) is 5.47. The van der Waals surface area contributed by atoms with Gasteiger partial charge in [-0.05, 0) is 17.2 Å². The second kappa shape index (κ2) is 4.37. The van der Waals surface area contributed by atoms with Gasteiger partial charge in [-0.3, -0.25) is 14.4 Å². The smallest absolute Gasteiger partial charge is 0.287 e. The molecule has 2 rings (SSSR count). The molecule has 17 heavy (non-hydrogen) atoms. The van der Waals surface area contributed by atoms with Gasteiger partial charge in [-0.25, -0.2) is 0 Å². The zero-order valence-electron chi connectivity index (χ0n) is 9.37. The van der Waals surface area contributed by atoms with E-state index in [2.05, 4.69) is 10.6 Å². The van der Waals surface area contributed by atoms with Crippen molar-refractivity contribution in [2.45, 2.75) is 19.9 Å². The van der Waals surface area contributed by atoms with Crippen LogP contribution in [0.3, 0.4) is 0 Å². The average molecular weight is 232 g/mol. The van der Waals surface area contributed by atoms with E-state index in [1.54, 1.807) is 6.07 Å². The first kappa shape index (κ1) is 11.3. The zero-order valence-corrected chi connectivity index (χ0v) is 9.37. The third-order valence-electron chi connectivity index (χ3n) is 2.57. The molecule has 0 spiro atoms. The maximum Gasteiger partial charge on any atom is 0.287 e. The Morgan fingerprint density at radius 3 is 2.88 bits per heavy atom. The minimum atomic E-state index is -0.598. The molecular formula is C12H12N2O3. The molecule has 0 fully saturated rings. The number of benzene rings is 1. The fourth-order valence-corrected chi connectivity index (χ4v) is 1.70. The van der Waals surface area contributed by atoms with Crippen LogP contribution in [0.4, 0.5) is 5.69 Å². The summed E-state index contributed by atoms with van der Waals surface area (Å²) in [5.74, 6) is -1.13. The zero-order chi connectivity index (χ0) is 12.4. The highest BCUT2D eigenvalue weighted by Gasteiger charge is 2.17. The Kier molecular flexibility index (Phi) is 2.91. The van der Waals surface area contributed by atoms with E-state index >= 15 is 0 Å². The summed E-state index contributed by atoms with van der Waals surface area (Å²) >= 11 is 0. The van der Waals surface area contributed by atoms with Crippen molar-refractivity contribution < 1.29 is 14.4 Å². The van der Waals surface area contributed by atoms with Crippen molar-refractivity contribution in [3.63, 3.8) is 0 Å². The van der Waals surface area contributed by atoms with E-state index < -0.39 is 11.7 Å². The van der Waals surface area contributed by atoms with Gasteiger partial charge in [0.15, 0.2) is 0 Å². The summed E-state index contributed by atoms with van der Waals surface area (Å²) in [6.45, 7) is 1.51. The van der Waals surface area contributed by atoms with Gasteiger partial charge >= 0.3 is 0 Å². The van der Waals surface area contributed by atoms with Gasteiger partial charge in [0, 0.05) is 19.2 Å².